The predicted molar refractivity (Wildman–Crippen MR) is 44.1 cm³/mol. The predicted octanol–water partition coefficient (Wildman–Crippen LogP) is 1.47. The molecule has 3 heteroatoms. The quantitative estimate of drug-likeness (QED) is 0.460. The van der Waals surface area contributed by atoms with Crippen molar-refractivity contribution in [1.82, 2.24) is 0 Å². The van der Waals surface area contributed by atoms with Crippen LogP contribution in [0.4, 0.5) is 0 Å². The van der Waals surface area contributed by atoms with Crippen molar-refractivity contribution in [3.05, 3.63) is 12.7 Å². The van der Waals surface area contributed by atoms with Crippen LogP contribution in [0.3, 0.4) is 0 Å². The summed E-state index contributed by atoms with van der Waals surface area (Å²) in [6.45, 7) is 5.15. The minimum absolute atomic E-state index is 0.0134. The molecule has 0 spiro atoms. The van der Waals surface area contributed by atoms with Crippen LogP contribution in [-0.4, -0.2) is 24.1 Å². The molecule has 0 aliphatic rings. The molecule has 10 heavy (non-hydrogen) atoms. The molecule has 0 heterocycles. The number of hydrogen-bond acceptors (Lipinski definition) is 3. The van der Waals surface area contributed by atoms with Gasteiger partial charge in [0.1, 0.15) is 6.10 Å². The van der Waals surface area contributed by atoms with E-state index in [2.05, 4.69) is 6.58 Å². The Kier molecular flexibility index (Phi) is 5.12. The first-order valence-electron chi connectivity index (χ1n) is 3.02. The molecule has 0 fully saturated rings. The van der Waals surface area contributed by atoms with E-state index in [0.717, 1.165) is 5.75 Å². The largest absolute Gasteiger partial charge is 0.459 e. The average molecular weight is 160 g/mol. The van der Waals surface area contributed by atoms with Gasteiger partial charge in [-0.3, -0.25) is 0 Å². The summed E-state index contributed by atoms with van der Waals surface area (Å²) in [6, 6.07) is 0. The lowest BCUT2D eigenvalue weighted by Gasteiger charge is -2.08. The summed E-state index contributed by atoms with van der Waals surface area (Å²) in [5.41, 5.74) is 0. The molecule has 0 aromatic heterocycles. The lowest BCUT2D eigenvalue weighted by molar-refractivity contribution is -0.141. The van der Waals surface area contributed by atoms with Crippen molar-refractivity contribution >= 4 is 17.7 Å². The molecule has 2 nitrogen and oxygen atoms in total. The molecule has 0 rings (SSSR count). The van der Waals surface area contributed by atoms with Gasteiger partial charge in [-0.05, 0) is 13.2 Å². The Labute approximate surface area is 65.6 Å². The summed E-state index contributed by atoms with van der Waals surface area (Å²) in [5, 5.41) is 0. The highest BCUT2D eigenvalue weighted by Crippen LogP contribution is 2.00. The molecule has 0 amide bonds. The lowest BCUT2D eigenvalue weighted by Crippen LogP contribution is -2.14. The highest BCUT2D eigenvalue weighted by atomic mass is 32.2. The fraction of sp³-hybridized carbons (Fsp3) is 0.571. The van der Waals surface area contributed by atoms with Crippen molar-refractivity contribution in [2.75, 3.05) is 12.0 Å². The Morgan fingerprint density at radius 3 is 2.90 bits per heavy atom. The van der Waals surface area contributed by atoms with Gasteiger partial charge in [0, 0.05) is 11.8 Å². The van der Waals surface area contributed by atoms with Gasteiger partial charge in [-0.15, -0.1) is 0 Å². The van der Waals surface area contributed by atoms with Crippen LogP contribution in [-0.2, 0) is 9.53 Å². The Morgan fingerprint density at radius 1 is 1.90 bits per heavy atom. The molecule has 58 valence electrons. The molecule has 0 aliphatic heterocycles. The topological polar surface area (TPSA) is 26.3 Å². The number of carbonyl (C=O) groups excluding carboxylic acids is 1. The van der Waals surface area contributed by atoms with Gasteiger partial charge < -0.3 is 4.74 Å². The molecule has 0 N–H and O–H groups in total. The lowest BCUT2D eigenvalue weighted by atomic mass is 10.5. The van der Waals surface area contributed by atoms with E-state index in [4.69, 9.17) is 4.74 Å². The number of esters is 1. The molecule has 0 aromatic rings. The van der Waals surface area contributed by atoms with Gasteiger partial charge in [-0.1, -0.05) is 6.58 Å². The van der Waals surface area contributed by atoms with Crippen molar-refractivity contribution in [2.24, 2.45) is 0 Å². The third-order valence-electron chi connectivity index (χ3n) is 0.885. The molecule has 0 aliphatic carbocycles. The maximum atomic E-state index is 10.5. The van der Waals surface area contributed by atoms with Crippen LogP contribution < -0.4 is 0 Å². The number of rotatable bonds is 4. The van der Waals surface area contributed by atoms with Crippen LogP contribution >= 0.6 is 11.8 Å². The number of thioether (sulfide) groups is 1. The maximum absolute atomic E-state index is 10.5. The van der Waals surface area contributed by atoms with E-state index < -0.39 is 0 Å². The van der Waals surface area contributed by atoms with Gasteiger partial charge in [0.15, 0.2) is 0 Å². The van der Waals surface area contributed by atoms with Crippen molar-refractivity contribution in [1.29, 1.82) is 0 Å². The summed E-state index contributed by atoms with van der Waals surface area (Å²) in [6.07, 6.45) is 3.13. The summed E-state index contributed by atoms with van der Waals surface area (Å²) >= 11 is 1.65. The summed E-state index contributed by atoms with van der Waals surface area (Å²) in [5.74, 6) is 0.487. The van der Waals surface area contributed by atoms with Crippen LogP contribution in [0, 0.1) is 0 Å². The van der Waals surface area contributed by atoms with Crippen LogP contribution in [0.1, 0.15) is 6.92 Å². The molecule has 1 unspecified atom stereocenters. The smallest absolute Gasteiger partial charge is 0.330 e. The minimum atomic E-state index is -0.346. The zero-order valence-corrected chi connectivity index (χ0v) is 7.11. The van der Waals surface area contributed by atoms with E-state index in [0.29, 0.717) is 0 Å². The van der Waals surface area contributed by atoms with Gasteiger partial charge >= 0.3 is 5.97 Å². The zero-order chi connectivity index (χ0) is 7.98. The second kappa shape index (κ2) is 5.35. The first-order chi connectivity index (χ1) is 4.70. The van der Waals surface area contributed by atoms with Crippen molar-refractivity contribution in [2.45, 2.75) is 13.0 Å². The van der Waals surface area contributed by atoms with Crippen molar-refractivity contribution in [3.8, 4) is 0 Å². The molecule has 0 aromatic carbocycles. The molecule has 0 saturated heterocycles. The highest BCUT2D eigenvalue weighted by Gasteiger charge is 2.03. The van der Waals surface area contributed by atoms with Crippen LogP contribution in [0.2, 0.25) is 0 Å². The molecule has 0 radical (unpaired) electrons. The number of carbonyl (C=O) groups is 1. The second-order valence-corrected chi connectivity index (χ2v) is 2.82. The van der Waals surface area contributed by atoms with Gasteiger partial charge in [0.25, 0.3) is 0 Å². The standard InChI is InChI=1S/C7H12O2S/c1-4-7(8)9-6(2)5-10-3/h4,6H,1,5H2,2-3H3. The minimum Gasteiger partial charge on any atom is -0.459 e. The van der Waals surface area contributed by atoms with Crippen LogP contribution in [0.25, 0.3) is 0 Å². The van der Waals surface area contributed by atoms with E-state index in [1.54, 1.807) is 11.8 Å². The Morgan fingerprint density at radius 2 is 2.50 bits per heavy atom. The SMILES string of the molecule is C=CC(=O)OC(C)CSC. The van der Waals surface area contributed by atoms with Crippen LogP contribution in [0.15, 0.2) is 12.7 Å². The van der Waals surface area contributed by atoms with E-state index in [-0.39, 0.29) is 12.1 Å². The molecule has 0 bridgehead atoms. The van der Waals surface area contributed by atoms with Gasteiger partial charge in [0.2, 0.25) is 0 Å². The Hall–Kier alpha value is -0.440. The summed E-state index contributed by atoms with van der Waals surface area (Å²) < 4.78 is 4.86. The van der Waals surface area contributed by atoms with Gasteiger partial charge in [-0.25, -0.2) is 4.79 Å². The maximum Gasteiger partial charge on any atom is 0.330 e. The first-order valence-corrected chi connectivity index (χ1v) is 4.42. The fourth-order valence-electron chi connectivity index (χ4n) is 0.515. The fourth-order valence-corrected chi connectivity index (χ4v) is 1.05. The van der Waals surface area contributed by atoms with E-state index in [9.17, 15) is 4.79 Å². The molecule has 1 atom stereocenters. The van der Waals surface area contributed by atoms with Crippen molar-refractivity contribution in [3.63, 3.8) is 0 Å². The van der Waals surface area contributed by atoms with E-state index >= 15 is 0 Å². The summed E-state index contributed by atoms with van der Waals surface area (Å²) in [4.78, 5) is 10.5. The highest BCUT2D eigenvalue weighted by molar-refractivity contribution is 7.98. The molecule has 0 saturated carbocycles. The third-order valence-corrected chi connectivity index (χ3v) is 1.69. The Bertz CT molecular complexity index is 123. The first kappa shape index (κ1) is 9.56. The second-order valence-electron chi connectivity index (χ2n) is 1.91. The van der Waals surface area contributed by atoms with E-state index in [1.165, 1.54) is 6.08 Å². The summed E-state index contributed by atoms with van der Waals surface area (Å²) in [7, 11) is 0. The third kappa shape index (κ3) is 4.44. The van der Waals surface area contributed by atoms with Crippen LogP contribution in [0.5, 0.6) is 0 Å². The average Bonchev–Trinajstić information content (AvgIpc) is 1.88. The van der Waals surface area contributed by atoms with Crippen molar-refractivity contribution < 1.29 is 9.53 Å². The number of ether oxygens (including phenoxy) is 1. The monoisotopic (exact) mass is 160 g/mol. The Balaban J connectivity index is 3.46. The molecular formula is C7H12O2S. The molecular weight excluding hydrogens is 148 g/mol. The zero-order valence-electron chi connectivity index (χ0n) is 6.29. The normalized spacial score (nSPS) is 12.2. The van der Waals surface area contributed by atoms with Gasteiger partial charge in [-0.2, -0.15) is 11.8 Å². The van der Waals surface area contributed by atoms with E-state index in [1.807, 2.05) is 13.2 Å². The van der Waals surface area contributed by atoms with Gasteiger partial charge in [0.05, 0.1) is 0 Å². The number of hydrogen-bond donors (Lipinski definition) is 0.